The topological polar surface area (TPSA) is 70.2 Å². The summed E-state index contributed by atoms with van der Waals surface area (Å²) in [5.41, 5.74) is -2.67. The van der Waals surface area contributed by atoms with Crippen molar-refractivity contribution >= 4 is 52.8 Å². The molecule has 0 saturated heterocycles. The van der Waals surface area contributed by atoms with Crippen LogP contribution in [0.4, 0.5) is 31.1 Å². The molecule has 14 heteroatoms. The Morgan fingerprint density at radius 3 is 2.05 bits per heavy atom. The zero-order valence-corrected chi connectivity index (χ0v) is 21.2. The number of urea groups is 1. The summed E-state index contributed by atoms with van der Waals surface area (Å²) in [5.74, 6) is -3.33. The summed E-state index contributed by atoms with van der Waals surface area (Å²) < 4.78 is 82.1. The van der Waals surface area contributed by atoms with Gasteiger partial charge in [-0.1, -0.05) is 53.0 Å². The fourth-order valence-corrected chi connectivity index (χ4v) is 3.75. The summed E-state index contributed by atoms with van der Waals surface area (Å²) in [6, 6.07) is 3.91. The van der Waals surface area contributed by atoms with E-state index in [9.17, 15) is 35.9 Å². The van der Waals surface area contributed by atoms with E-state index in [0.29, 0.717) is 18.7 Å². The number of hydrogen-bond acceptors (Lipinski definition) is 2. The van der Waals surface area contributed by atoms with Gasteiger partial charge in [-0.25, -0.2) is 4.79 Å². The van der Waals surface area contributed by atoms with Crippen molar-refractivity contribution in [2.24, 2.45) is 0 Å². The maximum atomic E-state index is 13.7. The van der Waals surface area contributed by atoms with Crippen molar-refractivity contribution in [2.75, 3.05) is 19.6 Å². The van der Waals surface area contributed by atoms with E-state index in [1.54, 1.807) is 6.92 Å². The van der Waals surface area contributed by atoms with E-state index in [-0.39, 0.29) is 39.3 Å². The van der Waals surface area contributed by atoms with E-state index in [1.807, 2.05) is 0 Å². The molecule has 0 bridgehead atoms. The third-order valence-electron chi connectivity index (χ3n) is 4.83. The highest BCUT2D eigenvalue weighted by molar-refractivity contribution is 6.48. The molecule has 0 fully saturated rings. The molecule has 0 aromatic heterocycles. The molecule has 3 N–H and O–H groups in total. The molecule has 5 nitrogen and oxygen atoms in total. The van der Waals surface area contributed by atoms with Crippen molar-refractivity contribution in [2.45, 2.75) is 25.2 Å². The van der Waals surface area contributed by atoms with Gasteiger partial charge < -0.3 is 16.0 Å². The Labute approximate surface area is 223 Å². The van der Waals surface area contributed by atoms with E-state index in [4.69, 9.17) is 34.8 Å². The predicted octanol–water partition coefficient (Wildman–Crippen LogP) is 7.07. The second-order valence-corrected chi connectivity index (χ2v) is 8.71. The predicted molar refractivity (Wildman–Crippen MR) is 130 cm³/mol. The number of halogens is 9. The Balaban J connectivity index is 2.30. The third-order valence-corrected chi connectivity index (χ3v) is 6.02. The number of carbonyl (C=O) groups excluding carboxylic acids is 2. The van der Waals surface area contributed by atoms with Crippen molar-refractivity contribution in [1.82, 2.24) is 16.0 Å². The van der Waals surface area contributed by atoms with Crippen molar-refractivity contribution in [3.8, 4) is 0 Å². The molecule has 0 aliphatic rings. The highest BCUT2D eigenvalue weighted by atomic mass is 35.5. The molecule has 2 aromatic rings. The minimum Gasteiger partial charge on any atom is -0.350 e. The van der Waals surface area contributed by atoms with Gasteiger partial charge in [0.25, 0.3) is 5.91 Å². The monoisotopic (exact) mass is 589 g/mol. The van der Waals surface area contributed by atoms with Crippen LogP contribution in [0.5, 0.6) is 0 Å². The molecule has 1 atom stereocenters. The first-order valence-corrected chi connectivity index (χ1v) is 11.7. The highest BCUT2D eigenvalue weighted by Gasteiger charge is 2.40. The molecule has 0 aliphatic heterocycles. The van der Waals surface area contributed by atoms with Gasteiger partial charge in [-0.3, -0.25) is 4.79 Å². The largest absolute Gasteiger partial charge is 0.417 e. The number of rotatable bonds is 8. The van der Waals surface area contributed by atoms with E-state index in [2.05, 4.69) is 16.0 Å². The van der Waals surface area contributed by atoms with Crippen LogP contribution in [-0.4, -0.2) is 37.7 Å². The maximum Gasteiger partial charge on any atom is 0.417 e. The minimum atomic E-state index is -4.98. The molecule has 2 rings (SSSR count). The van der Waals surface area contributed by atoms with Crippen LogP contribution in [0.15, 0.2) is 36.4 Å². The zero-order valence-electron chi connectivity index (χ0n) is 19.0. The normalized spacial score (nSPS) is 12.9. The van der Waals surface area contributed by atoms with Gasteiger partial charge in [0.05, 0.1) is 32.1 Å². The number of amides is 3. The minimum absolute atomic E-state index is 0.0443. The number of allylic oxidation sites excluding steroid dienone is 1. The number of alkyl halides is 6. The van der Waals surface area contributed by atoms with Crippen LogP contribution in [0.3, 0.4) is 0 Å². The lowest BCUT2D eigenvalue weighted by Gasteiger charge is -2.19. The number of carbonyl (C=O) groups is 2. The van der Waals surface area contributed by atoms with Gasteiger partial charge >= 0.3 is 18.4 Å². The number of nitrogens with one attached hydrogen (secondary N) is 3. The van der Waals surface area contributed by atoms with Gasteiger partial charge in [0.1, 0.15) is 0 Å². The summed E-state index contributed by atoms with van der Waals surface area (Å²) >= 11 is 17.4. The molecule has 202 valence electrons. The van der Waals surface area contributed by atoms with Crippen molar-refractivity contribution in [3.05, 3.63) is 73.7 Å². The molecule has 37 heavy (non-hydrogen) atoms. The van der Waals surface area contributed by atoms with Crippen LogP contribution in [0, 0.1) is 0 Å². The lowest BCUT2D eigenvalue weighted by molar-refractivity contribution is -0.139. The molecular weight excluding hydrogens is 571 g/mol. The summed E-state index contributed by atoms with van der Waals surface area (Å²) in [7, 11) is 0. The first-order valence-electron chi connectivity index (χ1n) is 10.6. The SMILES string of the molecule is CCNC(=O)NCCNC(=O)c1ccc(/C=C/C(c2cc(Cl)c(Cl)c(Cl)c2)C(F)(F)F)cc1C(F)(F)F. The van der Waals surface area contributed by atoms with Gasteiger partial charge in [0.15, 0.2) is 0 Å². The fraction of sp³-hybridized carbons (Fsp3) is 0.304. The van der Waals surface area contributed by atoms with E-state index in [1.165, 1.54) is 0 Å². The van der Waals surface area contributed by atoms with Crippen molar-refractivity contribution in [1.29, 1.82) is 0 Å². The third kappa shape index (κ3) is 8.72. The number of hydrogen-bond donors (Lipinski definition) is 3. The first-order chi connectivity index (χ1) is 17.1. The van der Waals surface area contributed by atoms with Gasteiger partial charge in [0, 0.05) is 19.6 Å². The summed E-state index contributed by atoms with van der Waals surface area (Å²) in [6.45, 7) is 1.84. The second-order valence-electron chi connectivity index (χ2n) is 7.52. The molecule has 1 unspecified atom stereocenters. The Morgan fingerprint density at radius 1 is 0.919 bits per heavy atom. The van der Waals surface area contributed by atoms with Crippen LogP contribution in [0.25, 0.3) is 6.08 Å². The first kappa shape index (κ1) is 30.6. The molecular formula is C23H20Cl3F6N3O2. The smallest absolute Gasteiger partial charge is 0.350 e. The second kappa shape index (κ2) is 12.7. The molecule has 0 spiro atoms. The molecule has 2 aromatic carbocycles. The number of benzene rings is 2. The molecule has 0 saturated carbocycles. The van der Waals surface area contributed by atoms with E-state index < -0.39 is 41.3 Å². The summed E-state index contributed by atoms with van der Waals surface area (Å²) in [4.78, 5) is 23.6. The van der Waals surface area contributed by atoms with Crippen molar-refractivity contribution in [3.63, 3.8) is 0 Å². The molecule has 3 amide bonds. The Morgan fingerprint density at radius 2 is 1.51 bits per heavy atom. The zero-order chi connectivity index (χ0) is 28.0. The van der Waals surface area contributed by atoms with Crippen LogP contribution in [0.2, 0.25) is 15.1 Å². The lowest BCUT2D eigenvalue weighted by Crippen LogP contribution is -2.40. The molecule has 0 radical (unpaired) electrons. The maximum absolute atomic E-state index is 13.7. The highest BCUT2D eigenvalue weighted by Crippen LogP contribution is 2.41. The van der Waals surface area contributed by atoms with Gasteiger partial charge in [-0.05, 0) is 42.3 Å². The quantitative estimate of drug-likeness (QED) is 0.175. The average Bonchev–Trinajstić information content (AvgIpc) is 2.79. The van der Waals surface area contributed by atoms with Gasteiger partial charge in [-0.2, -0.15) is 26.3 Å². The summed E-state index contributed by atoms with van der Waals surface area (Å²) in [6.07, 6.45) is -8.30. The van der Waals surface area contributed by atoms with Crippen LogP contribution in [-0.2, 0) is 6.18 Å². The fourth-order valence-electron chi connectivity index (χ4n) is 3.14. The Hall–Kier alpha value is -2.63. The Kier molecular flexibility index (Phi) is 10.5. The lowest BCUT2D eigenvalue weighted by atomic mass is 9.96. The average molecular weight is 591 g/mol. The van der Waals surface area contributed by atoms with Gasteiger partial charge in [-0.15, -0.1) is 0 Å². The van der Waals surface area contributed by atoms with E-state index in [0.717, 1.165) is 30.3 Å². The molecule has 0 aliphatic carbocycles. The van der Waals surface area contributed by atoms with Crippen LogP contribution in [0.1, 0.15) is 39.9 Å². The summed E-state index contributed by atoms with van der Waals surface area (Å²) in [5, 5.41) is 6.51. The van der Waals surface area contributed by atoms with Crippen LogP contribution < -0.4 is 16.0 Å². The Bertz CT molecular complexity index is 1150. The van der Waals surface area contributed by atoms with Crippen LogP contribution >= 0.6 is 34.8 Å². The van der Waals surface area contributed by atoms with Gasteiger partial charge in [0.2, 0.25) is 0 Å². The standard InChI is InChI=1S/C23H20Cl3F6N3O2/c1-2-33-21(37)35-8-7-34-20(36)14-5-3-12(9-16(14)23(30,31)32)4-6-15(22(27,28)29)13-10-17(24)19(26)18(25)11-13/h3-6,9-11,15H,2,7-8H2,1H3,(H,34,36)(H2,33,35,37)/b6-4+. The molecule has 0 heterocycles. The van der Waals surface area contributed by atoms with E-state index >= 15 is 0 Å². The van der Waals surface area contributed by atoms with Crippen molar-refractivity contribution < 1.29 is 35.9 Å².